The van der Waals surface area contributed by atoms with Crippen molar-refractivity contribution in [3.8, 4) is 0 Å². The van der Waals surface area contributed by atoms with Gasteiger partial charge in [0, 0.05) is 5.69 Å². The Hall–Kier alpha value is -2.12. The fourth-order valence-electron chi connectivity index (χ4n) is 1.32. The Morgan fingerprint density at radius 1 is 1.39 bits per heavy atom. The number of carbonyl (C=O) groups is 2. The first-order valence-electron chi connectivity index (χ1n) is 5.20. The molecule has 5 N–H and O–H groups in total. The van der Waals surface area contributed by atoms with Crippen molar-refractivity contribution < 1.29 is 19.5 Å². The molecule has 98 valence electrons. The summed E-state index contributed by atoms with van der Waals surface area (Å²) in [5.41, 5.74) is 8.41. The van der Waals surface area contributed by atoms with Crippen molar-refractivity contribution in [2.45, 2.75) is 12.5 Å². The monoisotopic (exact) mass is 253 g/mol. The number of hydrogen-bond donors (Lipinski definition) is 4. The van der Waals surface area contributed by atoms with Crippen LogP contribution in [0.5, 0.6) is 0 Å². The Balaban J connectivity index is 2.60. The quantitative estimate of drug-likeness (QED) is 0.453. The second-order valence-electron chi connectivity index (χ2n) is 3.60. The zero-order chi connectivity index (χ0) is 13.5. The van der Waals surface area contributed by atoms with E-state index in [1.807, 2.05) is 0 Å². The van der Waals surface area contributed by atoms with E-state index < -0.39 is 18.0 Å². The first kappa shape index (κ1) is 13.9. The minimum Gasteiger partial charge on any atom is -0.453 e. The molecular formula is C11H15N3O4. The van der Waals surface area contributed by atoms with Crippen LogP contribution in [0.15, 0.2) is 24.3 Å². The SMILES string of the molecule is COC(=O)Nc1ccc(CC(N)C(=O)NO)cc1. The number of ether oxygens (including phenoxy) is 1. The van der Waals surface area contributed by atoms with Gasteiger partial charge in [-0.15, -0.1) is 0 Å². The molecule has 0 aliphatic carbocycles. The maximum Gasteiger partial charge on any atom is 0.411 e. The van der Waals surface area contributed by atoms with E-state index in [1.54, 1.807) is 24.3 Å². The molecule has 2 amide bonds. The number of methoxy groups -OCH3 is 1. The maximum absolute atomic E-state index is 11.0. The minimum absolute atomic E-state index is 0.283. The molecule has 1 rings (SSSR count). The van der Waals surface area contributed by atoms with Gasteiger partial charge in [0.05, 0.1) is 13.2 Å². The Bertz CT molecular complexity index is 419. The van der Waals surface area contributed by atoms with E-state index in [9.17, 15) is 9.59 Å². The van der Waals surface area contributed by atoms with Crippen LogP contribution in [0, 0.1) is 0 Å². The van der Waals surface area contributed by atoms with Gasteiger partial charge in [0.2, 0.25) is 0 Å². The molecule has 0 saturated heterocycles. The van der Waals surface area contributed by atoms with Crippen LogP contribution in [0.2, 0.25) is 0 Å². The first-order chi connectivity index (χ1) is 8.56. The molecule has 7 nitrogen and oxygen atoms in total. The molecular weight excluding hydrogens is 238 g/mol. The Labute approximate surface area is 104 Å². The lowest BCUT2D eigenvalue weighted by atomic mass is 10.1. The van der Waals surface area contributed by atoms with Gasteiger partial charge in [-0.3, -0.25) is 15.3 Å². The summed E-state index contributed by atoms with van der Waals surface area (Å²) in [6.07, 6.45) is -0.274. The van der Waals surface area contributed by atoms with E-state index in [1.165, 1.54) is 12.6 Å². The standard InChI is InChI=1S/C11H15N3O4/c1-18-11(16)13-8-4-2-7(3-5-8)6-9(12)10(15)14-17/h2-5,9,17H,6,12H2,1H3,(H,13,16)(H,14,15). The number of nitrogens with one attached hydrogen (secondary N) is 2. The molecule has 0 fully saturated rings. The Kier molecular flexibility index (Phi) is 5.09. The number of benzene rings is 1. The summed E-state index contributed by atoms with van der Waals surface area (Å²) in [5, 5.41) is 10.9. The van der Waals surface area contributed by atoms with Crippen molar-refractivity contribution in [1.82, 2.24) is 5.48 Å². The highest BCUT2D eigenvalue weighted by Gasteiger charge is 2.12. The van der Waals surface area contributed by atoms with Gasteiger partial charge in [0.15, 0.2) is 0 Å². The number of anilines is 1. The molecule has 7 heteroatoms. The average Bonchev–Trinajstić information content (AvgIpc) is 2.39. The Morgan fingerprint density at radius 3 is 2.50 bits per heavy atom. The van der Waals surface area contributed by atoms with Crippen molar-refractivity contribution in [1.29, 1.82) is 0 Å². The summed E-state index contributed by atoms with van der Waals surface area (Å²) in [6, 6.07) is 5.94. The van der Waals surface area contributed by atoms with Gasteiger partial charge in [0.1, 0.15) is 0 Å². The highest BCUT2D eigenvalue weighted by Crippen LogP contribution is 2.11. The van der Waals surface area contributed by atoms with Crippen LogP contribution in [-0.4, -0.2) is 30.4 Å². The molecule has 0 aliphatic rings. The molecule has 0 heterocycles. The fourth-order valence-corrected chi connectivity index (χ4v) is 1.32. The summed E-state index contributed by atoms with van der Waals surface area (Å²) in [7, 11) is 1.27. The molecule has 0 radical (unpaired) electrons. The van der Waals surface area contributed by atoms with Crippen LogP contribution >= 0.6 is 0 Å². The predicted octanol–water partition coefficient (Wildman–Crippen LogP) is 0.240. The molecule has 0 aromatic heterocycles. The van der Waals surface area contributed by atoms with E-state index in [0.717, 1.165) is 5.56 Å². The molecule has 0 aliphatic heterocycles. The lowest BCUT2D eigenvalue weighted by Gasteiger charge is -2.10. The number of amides is 2. The highest BCUT2D eigenvalue weighted by atomic mass is 16.5. The lowest BCUT2D eigenvalue weighted by molar-refractivity contribution is -0.130. The number of hydroxylamine groups is 1. The van der Waals surface area contributed by atoms with Crippen LogP contribution < -0.4 is 16.5 Å². The predicted molar refractivity (Wildman–Crippen MR) is 64.1 cm³/mol. The Morgan fingerprint density at radius 2 is 2.00 bits per heavy atom. The molecule has 1 unspecified atom stereocenters. The minimum atomic E-state index is -0.825. The van der Waals surface area contributed by atoms with Crippen molar-refractivity contribution in [2.75, 3.05) is 12.4 Å². The van der Waals surface area contributed by atoms with E-state index in [4.69, 9.17) is 10.9 Å². The van der Waals surface area contributed by atoms with E-state index in [2.05, 4.69) is 10.1 Å². The second kappa shape index (κ2) is 6.58. The molecule has 1 aromatic carbocycles. The van der Waals surface area contributed by atoms with Gasteiger partial charge in [-0.25, -0.2) is 10.3 Å². The van der Waals surface area contributed by atoms with E-state index in [0.29, 0.717) is 5.69 Å². The van der Waals surface area contributed by atoms with Gasteiger partial charge >= 0.3 is 6.09 Å². The maximum atomic E-state index is 11.0. The zero-order valence-corrected chi connectivity index (χ0v) is 9.84. The third kappa shape index (κ3) is 4.04. The fraction of sp³-hybridized carbons (Fsp3) is 0.273. The van der Waals surface area contributed by atoms with Crippen LogP contribution in [0.3, 0.4) is 0 Å². The molecule has 0 spiro atoms. The third-order valence-electron chi connectivity index (χ3n) is 2.29. The number of carbonyl (C=O) groups excluding carboxylic acids is 2. The number of rotatable bonds is 4. The normalized spacial score (nSPS) is 11.5. The van der Waals surface area contributed by atoms with Crippen molar-refractivity contribution in [3.05, 3.63) is 29.8 Å². The summed E-state index contributed by atoms with van der Waals surface area (Å²) in [6.45, 7) is 0. The van der Waals surface area contributed by atoms with Crippen molar-refractivity contribution in [2.24, 2.45) is 5.73 Å². The number of hydrogen-bond acceptors (Lipinski definition) is 5. The summed E-state index contributed by atoms with van der Waals surface area (Å²) in [5.74, 6) is -0.647. The summed E-state index contributed by atoms with van der Waals surface area (Å²) >= 11 is 0. The van der Waals surface area contributed by atoms with E-state index in [-0.39, 0.29) is 6.42 Å². The number of nitrogens with two attached hydrogens (primary N) is 1. The summed E-state index contributed by atoms with van der Waals surface area (Å²) in [4.78, 5) is 21.9. The van der Waals surface area contributed by atoms with Crippen LogP contribution in [-0.2, 0) is 16.0 Å². The van der Waals surface area contributed by atoms with Crippen LogP contribution in [0.1, 0.15) is 5.56 Å². The van der Waals surface area contributed by atoms with Crippen LogP contribution in [0.25, 0.3) is 0 Å². The molecule has 0 bridgehead atoms. The summed E-state index contributed by atoms with van der Waals surface area (Å²) < 4.78 is 4.44. The van der Waals surface area contributed by atoms with Crippen molar-refractivity contribution in [3.63, 3.8) is 0 Å². The lowest BCUT2D eigenvalue weighted by Crippen LogP contribution is -2.40. The highest BCUT2D eigenvalue weighted by molar-refractivity contribution is 5.84. The van der Waals surface area contributed by atoms with Gasteiger partial charge in [-0.2, -0.15) is 0 Å². The molecule has 18 heavy (non-hydrogen) atoms. The van der Waals surface area contributed by atoms with Crippen LogP contribution in [0.4, 0.5) is 10.5 Å². The first-order valence-corrected chi connectivity index (χ1v) is 5.20. The molecule has 0 saturated carbocycles. The smallest absolute Gasteiger partial charge is 0.411 e. The average molecular weight is 253 g/mol. The van der Waals surface area contributed by atoms with Crippen molar-refractivity contribution >= 4 is 17.7 Å². The topological polar surface area (TPSA) is 114 Å². The largest absolute Gasteiger partial charge is 0.453 e. The third-order valence-corrected chi connectivity index (χ3v) is 2.29. The van der Waals surface area contributed by atoms with Gasteiger partial charge in [-0.1, -0.05) is 12.1 Å². The second-order valence-corrected chi connectivity index (χ2v) is 3.60. The van der Waals surface area contributed by atoms with E-state index >= 15 is 0 Å². The molecule has 1 atom stereocenters. The van der Waals surface area contributed by atoms with Gasteiger partial charge in [-0.05, 0) is 24.1 Å². The zero-order valence-electron chi connectivity index (χ0n) is 9.84. The van der Waals surface area contributed by atoms with Gasteiger partial charge in [0.25, 0.3) is 5.91 Å². The molecule has 1 aromatic rings. The van der Waals surface area contributed by atoms with Gasteiger partial charge < -0.3 is 10.5 Å².